The first kappa shape index (κ1) is 24.4. The Morgan fingerprint density at radius 3 is 1.91 bits per heavy atom. The lowest BCUT2D eigenvalue weighted by Crippen LogP contribution is -2.03. The molecule has 2 aromatic heterocycles. The summed E-state index contributed by atoms with van der Waals surface area (Å²) in [6.07, 6.45) is 0. The normalized spacial score (nSPS) is 12.0. The van der Waals surface area contributed by atoms with E-state index in [0.29, 0.717) is 5.95 Å². The summed E-state index contributed by atoms with van der Waals surface area (Å²) in [5.74, 6) is 0.672. The number of nitrogens with zero attached hydrogens (tertiary/aromatic N) is 3. The summed E-state index contributed by atoms with van der Waals surface area (Å²) in [6, 6.07) is 54.2. The number of benzene rings is 7. The minimum Gasteiger partial charge on any atom is -0.278 e. The first-order chi connectivity index (χ1) is 22.3. The molecule has 3 nitrogen and oxygen atoms in total. The fraction of sp³-hybridized carbons (Fsp3) is 0. The van der Waals surface area contributed by atoms with Crippen molar-refractivity contribution in [1.29, 1.82) is 0 Å². The SMILES string of the molecule is c1ccc(-c2nc(-n3c4ccccc4c4c5c(ccc43)-c3cccc4cccc(c34)-c3ccccc3-5)nc3ccccc23)cc1. The van der Waals surface area contributed by atoms with E-state index in [1.807, 2.05) is 6.07 Å². The Balaban J connectivity index is 1.37. The van der Waals surface area contributed by atoms with E-state index >= 15 is 0 Å². The van der Waals surface area contributed by atoms with Crippen molar-refractivity contribution in [1.82, 2.24) is 14.5 Å². The number of para-hydroxylation sites is 2. The van der Waals surface area contributed by atoms with Crippen LogP contribution in [0.3, 0.4) is 0 Å². The zero-order valence-electron chi connectivity index (χ0n) is 24.3. The van der Waals surface area contributed by atoms with Gasteiger partial charge in [0.15, 0.2) is 0 Å². The van der Waals surface area contributed by atoms with Gasteiger partial charge in [-0.15, -0.1) is 0 Å². The highest BCUT2D eigenvalue weighted by molar-refractivity contribution is 6.23. The summed E-state index contributed by atoms with van der Waals surface area (Å²) in [6.45, 7) is 0. The molecule has 45 heavy (non-hydrogen) atoms. The van der Waals surface area contributed by atoms with Crippen LogP contribution in [-0.4, -0.2) is 14.5 Å². The second kappa shape index (κ2) is 9.22. The lowest BCUT2D eigenvalue weighted by Gasteiger charge is -2.14. The average molecular weight is 572 g/mol. The van der Waals surface area contributed by atoms with Gasteiger partial charge in [0.25, 0.3) is 0 Å². The van der Waals surface area contributed by atoms with Gasteiger partial charge in [-0.2, -0.15) is 0 Å². The van der Waals surface area contributed by atoms with Gasteiger partial charge in [0.1, 0.15) is 0 Å². The van der Waals surface area contributed by atoms with Crippen LogP contribution >= 0.6 is 0 Å². The summed E-state index contributed by atoms with van der Waals surface area (Å²) in [5.41, 5.74) is 12.7. The molecule has 2 heterocycles. The third-order valence-electron chi connectivity index (χ3n) is 9.36. The molecule has 1 aliphatic rings. The average Bonchev–Trinajstić information content (AvgIpc) is 3.39. The molecule has 10 rings (SSSR count). The maximum Gasteiger partial charge on any atom is 0.235 e. The lowest BCUT2D eigenvalue weighted by molar-refractivity contribution is 1.01. The van der Waals surface area contributed by atoms with E-state index < -0.39 is 0 Å². The van der Waals surface area contributed by atoms with Crippen molar-refractivity contribution in [3.05, 3.63) is 152 Å². The topological polar surface area (TPSA) is 30.7 Å². The van der Waals surface area contributed by atoms with Crippen LogP contribution in [0.15, 0.2) is 152 Å². The summed E-state index contributed by atoms with van der Waals surface area (Å²) in [4.78, 5) is 10.5. The standard InChI is InChI=1S/C42H25N3/c1-2-12-27(13-3-1)41-33-18-6-8-22-35(33)43-42(44-41)45-36-23-9-7-19-34(36)40-37(45)25-24-32-31-21-11-15-26-14-10-20-29(38(26)31)28-16-4-5-17-30(28)39(32)40/h1-25H. The smallest absolute Gasteiger partial charge is 0.235 e. The molecule has 9 aromatic rings. The largest absolute Gasteiger partial charge is 0.278 e. The van der Waals surface area contributed by atoms with E-state index in [2.05, 4.69) is 150 Å². The molecule has 0 radical (unpaired) electrons. The van der Waals surface area contributed by atoms with Crippen LogP contribution in [0.25, 0.3) is 94.1 Å². The van der Waals surface area contributed by atoms with Crippen LogP contribution in [0.1, 0.15) is 0 Å². The molecule has 0 bridgehead atoms. The second-order valence-corrected chi connectivity index (χ2v) is 11.7. The molecular weight excluding hydrogens is 546 g/mol. The van der Waals surface area contributed by atoms with E-state index in [-0.39, 0.29) is 0 Å². The Kier molecular flexibility index (Phi) is 5.00. The Bertz CT molecular complexity index is 2640. The maximum atomic E-state index is 5.30. The van der Waals surface area contributed by atoms with Gasteiger partial charge in [-0.25, -0.2) is 9.97 Å². The van der Waals surface area contributed by atoms with Gasteiger partial charge < -0.3 is 0 Å². The van der Waals surface area contributed by atoms with Crippen molar-refractivity contribution < 1.29 is 0 Å². The molecule has 0 N–H and O–H groups in total. The van der Waals surface area contributed by atoms with Gasteiger partial charge in [0.2, 0.25) is 5.95 Å². The number of rotatable bonds is 2. The molecule has 0 aliphatic heterocycles. The zero-order valence-corrected chi connectivity index (χ0v) is 24.3. The molecule has 7 aromatic carbocycles. The summed E-state index contributed by atoms with van der Waals surface area (Å²) in [5, 5.41) is 6.02. The predicted molar refractivity (Wildman–Crippen MR) is 187 cm³/mol. The predicted octanol–water partition coefficient (Wildman–Crippen LogP) is 10.9. The van der Waals surface area contributed by atoms with Crippen molar-refractivity contribution in [3.63, 3.8) is 0 Å². The molecule has 0 saturated heterocycles. The van der Waals surface area contributed by atoms with E-state index in [4.69, 9.17) is 9.97 Å². The number of aromatic nitrogens is 3. The van der Waals surface area contributed by atoms with Crippen LogP contribution in [0.2, 0.25) is 0 Å². The fourth-order valence-electron chi connectivity index (χ4n) is 7.49. The van der Waals surface area contributed by atoms with Crippen molar-refractivity contribution in [2.75, 3.05) is 0 Å². The summed E-state index contributed by atoms with van der Waals surface area (Å²) >= 11 is 0. The molecule has 0 spiro atoms. The Labute approximate surface area is 259 Å². The van der Waals surface area contributed by atoms with Gasteiger partial charge in [-0.3, -0.25) is 4.57 Å². The fourth-order valence-corrected chi connectivity index (χ4v) is 7.49. The molecule has 0 atom stereocenters. The molecule has 208 valence electrons. The van der Waals surface area contributed by atoms with Crippen molar-refractivity contribution >= 4 is 43.5 Å². The van der Waals surface area contributed by atoms with Crippen molar-refractivity contribution in [2.45, 2.75) is 0 Å². The molecule has 1 aliphatic carbocycles. The minimum atomic E-state index is 0.672. The van der Waals surface area contributed by atoms with Crippen molar-refractivity contribution in [3.8, 4) is 50.6 Å². The molecular formula is C42H25N3. The van der Waals surface area contributed by atoms with Gasteiger partial charge in [0, 0.05) is 27.3 Å². The highest BCUT2D eigenvalue weighted by Gasteiger charge is 2.26. The highest BCUT2D eigenvalue weighted by Crippen LogP contribution is 2.51. The quantitative estimate of drug-likeness (QED) is 0.207. The van der Waals surface area contributed by atoms with E-state index in [1.54, 1.807) is 0 Å². The Morgan fingerprint density at radius 2 is 1.07 bits per heavy atom. The molecule has 0 fully saturated rings. The first-order valence-corrected chi connectivity index (χ1v) is 15.4. The molecule has 0 saturated carbocycles. The second-order valence-electron chi connectivity index (χ2n) is 11.7. The van der Waals surface area contributed by atoms with Crippen LogP contribution in [-0.2, 0) is 0 Å². The molecule has 0 unspecified atom stereocenters. The van der Waals surface area contributed by atoms with Crippen LogP contribution < -0.4 is 0 Å². The number of fused-ring (bicyclic) bond motifs is 10. The Morgan fingerprint density at radius 1 is 0.400 bits per heavy atom. The summed E-state index contributed by atoms with van der Waals surface area (Å²) in [7, 11) is 0. The molecule has 0 amide bonds. The van der Waals surface area contributed by atoms with E-state index in [9.17, 15) is 0 Å². The third-order valence-corrected chi connectivity index (χ3v) is 9.36. The monoisotopic (exact) mass is 571 g/mol. The van der Waals surface area contributed by atoms with Gasteiger partial charge in [-0.05, 0) is 56.8 Å². The van der Waals surface area contributed by atoms with Gasteiger partial charge >= 0.3 is 0 Å². The van der Waals surface area contributed by atoms with Crippen LogP contribution in [0.4, 0.5) is 0 Å². The zero-order chi connectivity index (χ0) is 29.5. The van der Waals surface area contributed by atoms with Crippen LogP contribution in [0, 0.1) is 0 Å². The lowest BCUT2D eigenvalue weighted by atomic mass is 9.90. The Hall–Kier alpha value is -6.06. The first-order valence-electron chi connectivity index (χ1n) is 15.4. The van der Waals surface area contributed by atoms with Gasteiger partial charge in [0.05, 0.1) is 22.2 Å². The minimum absolute atomic E-state index is 0.672. The summed E-state index contributed by atoms with van der Waals surface area (Å²) < 4.78 is 2.26. The third kappa shape index (κ3) is 3.41. The van der Waals surface area contributed by atoms with Crippen LogP contribution in [0.5, 0.6) is 0 Å². The van der Waals surface area contributed by atoms with E-state index in [0.717, 1.165) is 33.2 Å². The highest BCUT2D eigenvalue weighted by atomic mass is 15.2. The molecule has 3 heteroatoms. The number of hydrogen-bond acceptors (Lipinski definition) is 2. The van der Waals surface area contributed by atoms with E-state index in [1.165, 1.54) is 54.9 Å². The number of hydrogen-bond donors (Lipinski definition) is 0. The van der Waals surface area contributed by atoms with Gasteiger partial charge in [-0.1, -0.05) is 133 Å². The van der Waals surface area contributed by atoms with Crippen molar-refractivity contribution in [2.24, 2.45) is 0 Å². The maximum absolute atomic E-state index is 5.30.